The quantitative estimate of drug-likeness (QED) is 0.730. The molecule has 0 aromatic rings. The van der Waals surface area contributed by atoms with Crippen molar-refractivity contribution in [3.05, 3.63) is 0 Å². The van der Waals surface area contributed by atoms with Crippen molar-refractivity contribution in [2.45, 2.75) is 90.1 Å². The number of ether oxygens (including phenoxy) is 2. The van der Waals surface area contributed by atoms with Gasteiger partial charge in [0.15, 0.2) is 5.79 Å². The Kier molecular flexibility index (Phi) is 4.30. The lowest BCUT2D eigenvalue weighted by Crippen LogP contribution is -2.60. The van der Waals surface area contributed by atoms with Crippen LogP contribution in [0.3, 0.4) is 0 Å². The number of fused-ring (bicyclic) bond motifs is 5. The van der Waals surface area contributed by atoms with Crippen molar-refractivity contribution in [1.29, 1.82) is 0 Å². The smallest absolute Gasteiger partial charge is 0.169 e. The Morgan fingerprint density at radius 3 is 2.33 bits per heavy atom. The van der Waals surface area contributed by atoms with Gasteiger partial charge in [-0.2, -0.15) is 0 Å². The molecule has 0 aromatic heterocycles. The van der Waals surface area contributed by atoms with Crippen molar-refractivity contribution < 1.29 is 19.7 Å². The van der Waals surface area contributed by atoms with Gasteiger partial charge in [0.1, 0.15) is 0 Å². The zero-order chi connectivity index (χ0) is 19.0. The highest BCUT2D eigenvalue weighted by atomic mass is 16.7. The predicted molar refractivity (Wildman–Crippen MR) is 103 cm³/mol. The molecule has 2 N–H and O–H groups in total. The lowest BCUT2D eigenvalue weighted by molar-refractivity contribution is -0.232. The van der Waals surface area contributed by atoms with E-state index < -0.39 is 5.79 Å². The molecule has 1 saturated heterocycles. The zero-order valence-corrected chi connectivity index (χ0v) is 17.3. The SMILES string of the molecule is CC1([C@@H]2CC[C@@H]3[C@@H]4CC[C@@H]5C[C@H](O)CC[C@]5(C)[C@@H]4[C@@H](O)C[C@@]32C)OCCO1. The summed E-state index contributed by atoms with van der Waals surface area (Å²) in [7, 11) is 0. The molecular formula is C23H38O4. The average molecular weight is 379 g/mol. The Bertz CT molecular complexity index is 587. The van der Waals surface area contributed by atoms with E-state index in [0.29, 0.717) is 42.8 Å². The van der Waals surface area contributed by atoms with Gasteiger partial charge in [0, 0.05) is 5.92 Å². The molecule has 1 heterocycles. The maximum Gasteiger partial charge on any atom is 0.169 e. The van der Waals surface area contributed by atoms with E-state index in [1.54, 1.807) is 0 Å². The molecule has 0 aromatic carbocycles. The monoisotopic (exact) mass is 378 g/mol. The second-order valence-electron chi connectivity index (χ2n) is 11.1. The van der Waals surface area contributed by atoms with Gasteiger partial charge in [-0.05, 0) is 92.8 Å². The summed E-state index contributed by atoms with van der Waals surface area (Å²) in [5.74, 6) is 2.19. The summed E-state index contributed by atoms with van der Waals surface area (Å²) in [5, 5.41) is 21.7. The van der Waals surface area contributed by atoms with E-state index in [4.69, 9.17) is 9.47 Å². The van der Waals surface area contributed by atoms with Gasteiger partial charge in [0.2, 0.25) is 0 Å². The number of hydrogen-bond acceptors (Lipinski definition) is 4. The van der Waals surface area contributed by atoms with Crippen LogP contribution in [-0.2, 0) is 9.47 Å². The van der Waals surface area contributed by atoms with Crippen molar-refractivity contribution >= 4 is 0 Å². The highest BCUT2D eigenvalue weighted by Gasteiger charge is 2.66. The van der Waals surface area contributed by atoms with Gasteiger partial charge in [-0.15, -0.1) is 0 Å². The van der Waals surface area contributed by atoms with Crippen LogP contribution in [0.25, 0.3) is 0 Å². The Labute approximate surface area is 164 Å². The van der Waals surface area contributed by atoms with E-state index in [9.17, 15) is 10.2 Å². The third-order valence-electron chi connectivity index (χ3n) is 10.1. The first-order chi connectivity index (χ1) is 12.8. The molecule has 4 nitrogen and oxygen atoms in total. The van der Waals surface area contributed by atoms with Crippen molar-refractivity contribution in [1.82, 2.24) is 0 Å². The van der Waals surface area contributed by atoms with Crippen LogP contribution in [0.1, 0.15) is 72.1 Å². The minimum atomic E-state index is -0.466. The second kappa shape index (κ2) is 6.17. The Morgan fingerprint density at radius 2 is 1.59 bits per heavy atom. The van der Waals surface area contributed by atoms with Crippen LogP contribution in [0.2, 0.25) is 0 Å². The number of hydrogen-bond donors (Lipinski definition) is 2. The molecule has 0 radical (unpaired) electrons. The summed E-state index contributed by atoms with van der Waals surface area (Å²) in [4.78, 5) is 0. The molecule has 1 aliphatic heterocycles. The standard InChI is InChI=1S/C23H38O4/c1-21-9-8-15(24)12-14(21)4-5-16-17-6-7-19(23(3)26-10-11-27-23)22(17,2)13-18(25)20(16)21/h14-20,24-25H,4-13H2,1-3H3/t14-,15-,16+,17-,18+,19-,20+,21+,22+/m1/s1. The summed E-state index contributed by atoms with van der Waals surface area (Å²) in [6.45, 7) is 8.39. The fraction of sp³-hybridized carbons (Fsp3) is 1.00. The van der Waals surface area contributed by atoms with Crippen LogP contribution in [0.5, 0.6) is 0 Å². The molecule has 4 aliphatic carbocycles. The molecule has 0 unspecified atom stereocenters. The molecule has 4 heteroatoms. The fourth-order valence-electron chi connectivity index (χ4n) is 8.95. The van der Waals surface area contributed by atoms with Gasteiger partial charge in [0.25, 0.3) is 0 Å². The van der Waals surface area contributed by atoms with Crippen molar-refractivity contribution in [2.75, 3.05) is 13.2 Å². The lowest BCUT2D eigenvalue weighted by atomic mass is 9.43. The highest BCUT2D eigenvalue weighted by molar-refractivity contribution is 5.13. The summed E-state index contributed by atoms with van der Waals surface area (Å²) < 4.78 is 12.2. The normalized spacial score (nSPS) is 57.0. The number of aliphatic hydroxyl groups excluding tert-OH is 2. The van der Waals surface area contributed by atoms with Gasteiger partial charge in [-0.25, -0.2) is 0 Å². The average Bonchev–Trinajstić information content (AvgIpc) is 3.19. The Morgan fingerprint density at radius 1 is 0.852 bits per heavy atom. The van der Waals surface area contributed by atoms with Crippen molar-refractivity contribution in [3.8, 4) is 0 Å². The van der Waals surface area contributed by atoms with Crippen molar-refractivity contribution in [2.24, 2.45) is 40.4 Å². The van der Waals surface area contributed by atoms with E-state index in [2.05, 4.69) is 20.8 Å². The highest BCUT2D eigenvalue weighted by Crippen LogP contribution is 2.69. The van der Waals surface area contributed by atoms with Crippen LogP contribution in [0.15, 0.2) is 0 Å². The first kappa shape index (κ1) is 18.8. The summed E-state index contributed by atoms with van der Waals surface area (Å²) in [6, 6.07) is 0. The molecule has 5 rings (SSSR count). The minimum absolute atomic E-state index is 0.108. The van der Waals surface area contributed by atoms with Crippen LogP contribution >= 0.6 is 0 Å². The summed E-state index contributed by atoms with van der Waals surface area (Å²) >= 11 is 0. The van der Waals surface area contributed by atoms with Gasteiger partial charge in [-0.1, -0.05) is 13.8 Å². The Hall–Kier alpha value is -0.160. The molecule has 0 bridgehead atoms. The van der Waals surface area contributed by atoms with Crippen LogP contribution < -0.4 is 0 Å². The third-order valence-corrected chi connectivity index (χ3v) is 10.1. The van der Waals surface area contributed by atoms with Crippen LogP contribution in [0.4, 0.5) is 0 Å². The van der Waals surface area contributed by atoms with E-state index >= 15 is 0 Å². The van der Waals surface area contributed by atoms with Gasteiger partial charge < -0.3 is 19.7 Å². The van der Waals surface area contributed by atoms with Gasteiger partial charge >= 0.3 is 0 Å². The number of rotatable bonds is 1. The van der Waals surface area contributed by atoms with E-state index in [0.717, 1.165) is 32.1 Å². The van der Waals surface area contributed by atoms with Gasteiger partial charge in [0.05, 0.1) is 25.4 Å². The third kappa shape index (κ3) is 2.55. The minimum Gasteiger partial charge on any atom is -0.393 e. The second-order valence-corrected chi connectivity index (χ2v) is 11.1. The molecule has 154 valence electrons. The molecule has 0 amide bonds. The molecule has 9 atom stereocenters. The largest absolute Gasteiger partial charge is 0.393 e. The topological polar surface area (TPSA) is 58.9 Å². The first-order valence-electron chi connectivity index (χ1n) is 11.4. The predicted octanol–water partition coefficient (Wildman–Crippen LogP) is 3.74. The van der Waals surface area contributed by atoms with E-state index in [1.807, 2.05) is 0 Å². The lowest BCUT2D eigenvalue weighted by Gasteiger charge is -2.62. The molecule has 5 fully saturated rings. The van der Waals surface area contributed by atoms with Crippen LogP contribution in [-0.4, -0.2) is 41.4 Å². The zero-order valence-electron chi connectivity index (χ0n) is 17.3. The molecule has 4 saturated carbocycles. The first-order valence-corrected chi connectivity index (χ1v) is 11.4. The van der Waals surface area contributed by atoms with Gasteiger partial charge in [-0.3, -0.25) is 0 Å². The fourth-order valence-corrected chi connectivity index (χ4v) is 8.95. The molecule has 5 aliphatic rings. The maximum atomic E-state index is 11.5. The molecular weight excluding hydrogens is 340 g/mol. The maximum absolute atomic E-state index is 11.5. The summed E-state index contributed by atoms with van der Waals surface area (Å²) in [5.41, 5.74) is 0.308. The molecule has 27 heavy (non-hydrogen) atoms. The summed E-state index contributed by atoms with van der Waals surface area (Å²) in [6.07, 6.45) is 8.31. The van der Waals surface area contributed by atoms with E-state index in [-0.39, 0.29) is 23.0 Å². The Balaban J connectivity index is 1.46. The van der Waals surface area contributed by atoms with Crippen molar-refractivity contribution in [3.63, 3.8) is 0 Å². The van der Waals surface area contributed by atoms with E-state index in [1.165, 1.54) is 19.3 Å². The number of aliphatic hydroxyl groups is 2. The molecule has 0 spiro atoms. The van der Waals surface area contributed by atoms with Crippen LogP contribution in [0, 0.1) is 40.4 Å².